The van der Waals surface area contributed by atoms with E-state index in [1.807, 2.05) is 6.07 Å². The highest BCUT2D eigenvalue weighted by molar-refractivity contribution is 14.0. The largest absolute Gasteiger partial charge is 0.356 e. The molecule has 0 aliphatic heterocycles. The van der Waals surface area contributed by atoms with Crippen LogP contribution in [-0.4, -0.2) is 51.1 Å². The summed E-state index contributed by atoms with van der Waals surface area (Å²) in [4.78, 5) is 6.53. The molecule has 0 bridgehead atoms. The third-order valence-electron chi connectivity index (χ3n) is 4.13. The number of hydrogen-bond acceptors (Lipinski definition) is 2. The van der Waals surface area contributed by atoms with E-state index in [1.54, 1.807) is 19.2 Å². The van der Waals surface area contributed by atoms with Gasteiger partial charge in [-0.3, -0.25) is 4.99 Å². The maximum absolute atomic E-state index is 13.1. The average molecular weight is 434 g/mol. The van der Waals surface area contributed by atoms with E-state index >= 15 is 0 Å². The summed E-state index contributed by atoms with van der Waals surface area (Å²) in [7, 11) is 6.04. The van der Waals surface area contributed by atoms with E-state index in [0.29, 0.717) is 6.04 Å². The summed E-state index contributed by atoms with van der Waals surface area (Å²) >= 11 is 0. The molecule has 4 nitrogen and oxygen atoms in total. The maximum atomic E-state index is 13.1. The molecule has 0 amide bonds. The van der Waals surface area contributed by atoms with Crippen LogP contribution in [-0.2, 0) is 6.42 Å². The van der Waals surface area contributed by atoms with E-state index in [0.717, 1.165) is 37.0 Å². The molecule has 6 heteroatoms. The maximum Gasteiger partial charge on any atom is 0.191 e. The molecule has 1 aliphatic rings. The Labute approximate surface area is 156 Å². The third kappa shape index (κ3) is 7.03. The Balaban J connectivity index is 0.00000264. The van der Waals surface area contributed by atoms with Crippen LogP contribution in [0.5, 0.6) is 0 Å². The van der Waals surface area contributed by atoms with Crippen LogP contribution in [0.2, 0.25) is 0 Å². The lowest BCUT2D eigenvalue weighted by Crippen LogP contribution is -2.46. The minimum atomic E-state index is -0.182. The number of aliphatic imine (C=N–C) groups is 1. The molecule has 1 saturated carbocycles. The van der Waals surface area contributed by atoms with Crippen molar-refractivity contribution < 1.29 is 4.39 Å². The SMILES string of the molecule is CN=C(NCCc1cccc(F)c1)NCC(C1CC1)N(C)C.I. The van der Waals surface area contributed by atoms with Crippen LogP contribution in [0.1, 0.15) is 18.4 Å². The van der Waals surface area contributed by atoms with Gasteiger partial charge in [0, 0.05) is 26.2 Å². The molecule has 1 unspecified atom stereocenters. The summed E-state index contributed by atoms with van der Waals surface area (Å²) < 4.78 is 13.1. The Morgan fingerprint density at radius 2 is 2.09 bits per heavy atom. The number of halogens is 2. The van der Waals surface area contributed by atoms with Crippen LogP contribution < -0.4 is 10.6 Å². The van der Waals surface area contributed by atoms with Crippen molar-refractivity contribution in [2.24, 2.45) is 10.9 Å². The van der Waals surface area contributed by atoms with Crippen LogP contribution in [0.15, 0.2) is 29.3 Å². The van der Waals surface area contributed by atoms with Crippen molar-refractivity contribution in [1.82, 2.24) is 15.5 Å². The Morgan fingerprint density at radius 1 is 1.35 bits per heavy atom. The van der Waals surface area contributed by atoms with Crippen LogP contribution in [0.25, 0.3) is 0 Å². The number of likely N-dealkylation sites (N-methyl/N-ethyl adjacent to an activating group) is 1. The van der Waals surface area contributed by atoms with Gasteiger partial charge in [-0.15, -0.1) is 24.0 Å². The lowest BCUT2D eigenvalue weighted by molar-refractivity contribution is 0.264. The van der Waals surface area contributed by atoms with Gasteiger partial charge in [0.2, 0.25) is 0 Å². The highest BCUT2D eigenvalue weighted by atomic mass is 127. The standard InChI is InChI=1S/C17H27FN4.HI/c1-19-17(21-12-16(22(2)3)14-7-8-14)20-10-9-13-5-4-6-15(18)11-13;/h4-6,11,14,16H,7-10,12H2,1-3H3,(H2,19,20,21);1H. The van der Waals surface area contributed by atoms with Crippen molar-refractivity contribution in [2.45, 2.75) is 25.3 Å². The molecule has 0 heterocycles. The number of guanidine groups is 1. The number of benzene rings is 1. The molecule has 0 radical (unpaired) electrons. The van der Waals surface area contributed by atoms with Gasteiger partial charge in [-0.2, -0.15) is 0 Å². The second-order valence-electron chi connectivity index (χ2n) is 6.13. The number of nitrogens with one attached hydrogen (secondary N) is 2. The Hall–Kier alpha value is -0.890. The second-order valence-corrected chi connectivity index (χ2v) is 6.13. The first-order valence-corrected chi connectivity index (χ1v) is 7.95. The molecule has 23 heavy (non-hydrogen) atoms. The lowest BCUT2D eigenvalue weighted by atomic mass is 10.1. The fourth-order valence-electron chi connectivity index (χ4n) is 2.69. The Morgan fingerprint density at radius 3 is 2.65 bits per heavy atom. The minimum absolute atomic E-state index is 0. The summed E-state index contributed by atoms with van der Waals surface area (Å²) in [5, 5.41) is 6.68. The van der Waals surface area contributed by atoms with E-state index < -0.39 is 0 Å². The van der Waals surface area contributed by atoms with E-state index in [1.165, 1.54) is 18.9 Å². The van der Waals surface area contributed by atoms with Crippen molar-refractivity contribution in [3.8, 4) is 0 Å². The van der Waals surface area contributed by atoms with Gasteiger partial charge in [0.05, 0.1) is 0 Å². The fraction of sp³-hybridized carbons (Fsp3) is 0.588. The van der Waals surface area contributed by atoms with Gasteiger partial charge >= 0.3 is 0 Å². The summed E-state index contributed by atoms with van der Waals surface area (Å²) in [6, 6.07) is 7.29. The molecule has 1 aromatic carbocycles. The summed E-state index contributed by atoms with van der Waals surface area (Å²) in [5.41, 5.74) is 0.993. The first-order valence-electron chi connectivity index (χ1n) is 7.95. The number of hydrogen-bond donors (Lipinski definition) is 2. The monoisotopic (exact) mass is 434 g/mol. The van der Waals surface area contributed by atoms with Gasteiger partial charge in [0.25, 0.3) is 0 Å². The molecule has 2 rings (SSSR count). The summed E-state index contributed by atoms with van der Waals surface area (Å²) in [6.45, 7) is 1.64. The molecule has 0 saturated heterocycles. The first-order chi connectivity index (χ1) is 10.6. The van der Waals surface area contributed by atoms with E-state index in [2.05, 4.69) is 34.6 Å². The molecule has 1 aromatic rings. The minimum Gasteiger partial charge on any atom is -0.356 e. The first kappa shape index (κ1) is 20.2. The fourth-order valence-corrected chi connectivity index (χ4v) is 2.69. The predicted octanol–water partition coefficient (Wildman–Crippen LogP) is 2.49. The van der Waals surface area contributed by atoms with Crippen LogP contribution in [0.4, 0.5) is 4.39 Å². The normalized spacial score (nSPS) is 16.0. The highest BCUT2D eigenvalue weighted by Crippen LogP contribution is 2.34. The van der Waals surface area contributed by atoms with Gasteiger partial charge in [0.1, 0.15) is 5.82 Å². The average Bonchev–Trinajstić information content (AvgIpc) is 3.30. The zero-order valence-corrected chi connectivity index (χ0v) is 16.5. The Kier molecular flexibility index (Phi) is 8.83. The van der Waals surface area contributed by atoms with Crippen molar-refractivity contribution >= 4 is 29.9 Å². The van der Waals surface area contributed by atoms with Gasteiger partial charge in [-0.25, -0.2) is 4.39 Å². The van der Waals surface area contributed by atoms with Crippen LogP contribution in [0, 0.1) is 11.7 Å². The topological polar surface area (TPSA) is 39.7 Å². The van der Waals surface area contributed by atoms with Crippen molar-refractivity contribution in [3.05, 3.63) is 35.6 Å². The smallest absolute Gasteiger partial charge is 0.191 e. The quantitative estimate of drug-likeness (QED) is 0.394. The zero-order valence-electron chi connectivity index (χ0n) is 14.2. The van der Waals surface area contributed by atoms with Gasteiger partial charge < -0.3 is 15.5 Å². The number of rotatable bonds is 7. The molecular weight excluding hydrogens is 406 g/mol. The molecule has 130 valence electrons. The molecule has 2 N–H and O–H groups in total. The van der Waals surface area contributed by atoms with Crippen LogP contribution >= 0.6 is 24.0 Å². The molecular formula is C17H28FIN4. The molecule has 0 spiro atoms. The van der Waals surface area contributed by atoms with Crippen LogP contribution in [0.3, 0.4) is 0 Å². The zero-order chi connectivity index (χ0) is 15.9. The molecule has 0 aromatic heterocycles. The number of nitrogens with zero attached hydrogens (tertiary/aromatic N) is 2. The van der Waals surface area contributed by atoms with E-state index in [9.17, 15) is 4.39 Å². The van der Waals surface area contributed by atoms with Crippen molar-refractivity contribution in [2.75, 3.05) is 34.2 Å². The predicted molar refractivity (Wildman–Crippen MR) is 105 cm³/mol. The Bertz CT molecular complexity index is 501. The van der Waals surface area contributed by atoms with Crippen molar-refractivity contribution in [3.63, 3.8) is 0 Å². The molecule has 1 fully saturated rings. The lowest BCUT2D eigenvalue weighted by Gasteiger charge is -2.25. The molecule has 1 aliphatic carbocycles. The van der Waals surface area contributed by atoms with E-state index in [-0.39, 0.29) is 29.8 Å². The molecule has 1 atom stereocenters. The third-order valence-corrected chi connectivity index (χ3v) is 4.13. The van der Waals surface area contributed by atoms with E-state index in [4.69, 9.17) is 0 Å². The summed E-state index contributed by atoms with van der Waals surface area (Å²) in [6.07, 6.45) is 3.43. The van der Waals surface area contributed by atoms with Gasteiger partial charge in [-0.1, -0.05) is 12.1 Å². The highest BCUT2D eigenvalue weighted by Gasteiger charge is 2.32. The summed E-state index contributed by atoms with van der Waals surface area (Å²) in [5.74, 6) is 1.44. The van der Waals surface area contributed by atoms with Gasteiger partial charge in [0.15, 0.2) is 5.96 Å². The van der Waals surface area contributed by atoms with Crippen molar-refractivity contribution in [1.29, 1.82) is 0 Å². The second kappa shape index (κ2) is 10.1. The van der Waals surface area contributed by atoms with Gasteiger partial charge in [-0.05, 0) is 57.0 Å².